The molecule has 0 aliphatic rings. The molecule has 4 rings (SSSR count). The van der Waals surface area contributed by atoms with Gasteiger partial charge in [0.15, 0.2) is 0 Å². The van der Waals surface area contributed by atoms with Crippen molar-refractivity contribution in [3.63, 3.8) is 0 Å². The van der Waals surface area contributed by atoms with E-state index in [1.807, 2.05) is 0 Å². The number of imidazole rings is 1. The highest BCUT2D eigenvalue weighted by Gasteiger charge is 2.35. The summed E-state index contributed by atoms with van der Waals surface area (Å²) in [4.78, 5) is 4.32. The maximum absolute atomic E-state index is 13.7. The van der Waals surface area contributed by atoms with Crippen molar-refractivity contribution in [2.24, 2.45) is 0 Å². The zero-order valence-electron chi connectivity index (χ0n) is 17.7. The van der Waals surface area contributed by atoms with Crippen LogP contribution in [0.15, 0.2) is 72.9 Å². The average molecular weight is 458 g/mol. The SMILES string of the molecule is CC(C)(O)c1cn(-c2ccc(-c3cc(F)cc(F)c3)cc2)c(-c2ccccc2C(F)(F)F)n1. The minimum Gasteiger partial charge on any atom is -0.384 e. The van der Waals surface area contributed by atoms with Gasteiger partial charge in [0, 0.05) is 23.5 Å². The Labute approximate surface area is 186 Å². The van der Waals surface area contributed by atoms with E-state index in [1.165, 1.54) is 54.9 Å². The van der Waals surface area contributed by atoms with E-state index < -0.39 is 29.0 Å². The Balaban J connectivity index is 1.86. The number of halogens is 5. The molecule has 1 aromatic heterocycles. The van der Waals surface area contributed by atoms with Crippen LogP contribution in [0.3, 0.4) is 0 Å². The van der Waals surface area contributed by atoms with Gasteiger partial charge in [-0.15, -0.1) is 0 Å². The average Bonchev–Trinajstić information content (AvgIpc) is 3.18. The Hall–Kier alpha value is -3.52. The van der Waals surface area contributed by atoms with Gasteiger partial charge in [0.2, 0.25) is 0 Å². The second-order valence-corrected chi connectivity index (χ2v) is 8.13. The number of benzene rings is 3. The highest BCUT2D eigenvalue weighted by molar-refractivity contribution is 5.67. The highest BCUT2D eigenvalue weighted by atomic mass is 19.4. The van der Waals surface area contributed by atoms with E-state index in [9.17, 15) is 27.1 Å². The van der Waals surface area contributed by atoms with Gasteiger partial charge in [0.05, 0.1) is 11.3 Å². The maximum atomic E-state index is 13.7. The predicted molar refractivity (Wildman–Crippen MR) is 115 cm³/mol. The van der Waals surface area contributed by atoms with Crippen LogP contribution in [-0.4, -0.2) is 14.7 Å². The third kappa shape index (κ3) is 4.66. The van der Waals surface area contributed by atoms with Crippen LogP contribution in [-0.2, 0) is 11.8 Å². The number of nitrogens with zero attached hydrogens (tertiary/aromatic N) is 2. The van der Waals surface area contributed by atoms with Crippen LogP contribution in [0.2, 0.25) is 0 Å². The first kappa shape index (κ1) is 22.7. The molecule has 1 heterocycles. The first-order chi connectivity index (χ1) is 15.4. The molecule has 0 fully saturated rings. The number of rotatable bonds is 4. The molecule has 0 atom stereocenters. The summed E-state index contributed by atoms with van der Waals surface area (Å²) in [6.07, 6.45) is -3.13. The Morgan fingerprint density at radius 2 is 1.42 bits per heavy atom. The summed E-state index contributed by atoms with van der Waals surface area (Å²) in [5, 5.41) is 10.4. The minimum absolute atomic E-state index is 0.00426. The van der Waals surface area contributed by atoms with E-state index >= 15 is 0 Å². The molecule has 0 aliphatic heterocycles. The molecule has 0 radical (unpaired) electrons. The summed E-state index contributed by atoms with van der Waals surface area (Å²) in [5.74, 6) is -1.43. The van der Waals surface area contributed by atoms with E-state index in [1.54, 1.807) is 24.3 Å². The van der Waals surface area contributed by atoms with E-state index in [0.29, 0.717) is 16.8 Å². The number of hydrogen-bond acceptors (Lipinski definition) is 2. The Morgan fingerprint density at radius 3 is 2.00 bits per heavy atom. The third-order valence-corrected chi connectivity index (χ3v) is 5.15. The molecule has 8 heteroatoms. The topological polar surface area (TPSA) is 38.0 Å². The zero-order valence-corrected chi connectivity index (χ0v) is 17.7. The van der Waals surface area contributed by atoms with Crippen LogP contribution in [0.4, 0.5) is 22.0 Å². The quantitative estimate of drug-likeness (QED) is 0.344. The molecule has 3 aromatic carbocycles. The summed E-state index contributed by atoms with van der Waals surface area (Å²) in [6, 6.07) is 14.6. The Morgan fingerprint density at radius 1 is 0.818 bits per heavy atom. The van der Waals surface area contributed by atoms with Crippen molar-refractivity contribution in [1.29, 1.82) is 0 Å². The van der Waals surface area contributed by atoms with Gasteiger partial charge in [-0.2, -0.15) is 13.2 Å². The molecule has 3 nitrogen and oxygen atoms in total. The van der Waals surface area contributed by atoms with Crippen molar-refractivity contribution in [2.75, 3.05) is 0 Å². The van der Waals surface area contributed by atoms with Crippen LogP contribution >= 0.6 is 0 Å². The summed E-state index contributed by atoms with van der Waals surface area (Å²) in [6.45, 7) is 2.97. The number of aromatic nitrogens is 2. The van der Waals surface area contributed by atoms with Crippen molar-refractivity contribution in [1.82, 2.24) is 9.55 Å². The fourth-order valence-electron chi connectivity index (χ4n) is 3.52. The van der Waals surface area contributed by atoms with Crippen LogP contribution in [0.1, 0.15) is 25.1 Å². The van der Waals surface area contributed by atoms with Gasteiger partial charge in [0.25, 0.3) is 0 Å². The fraction of sp³-hybridized carbons (Fsp3) is 0.160. The lowest BCUT2D eigenvalue weighted by molar-refractivity contribution is -0.137. The number of hydrogen-bond donors (Lipinski definition) is 1. The Kier molecular flexibility index (Phi) is 5.57. The van der Waals surface area contributed by atoms with Crippen LogP contribution < -0.4 is 0 Å². The molecule has 0 unspecified atom stereocenters. The van der Waals surface area contributed by atoms with Crippen molar-refractivity contribution in [2.45, 2.75) is 25.6 Å². The van der Waals surface area contributed by atoms with E-state index in [-0.39, 0.29) is 17.1 Å². The second kappa shape index (κ2) is 8.12. The lowest BCUT2D eigenvalue weighted by Crippen LogP contribution is -2.15. The number of aliphatic hydroxyl groups is 1. The molecule has 0 saturated carbocycles. The molecule has 0 saturated heterocycles. The van der Waals surface area contributed by atoms with Crippen LogP contribution in [0.25, 0.3) is 28.2 Å². The van der Waals surface area contributed by atoms with E-state index in [0.717, 1.165) is 12.1 Å². The van der Waals surface area contributed by atoms with Gasteiger partial charge < -0.3 is 5.11 Å². The first-order valence-electron chi connectivity index (χ1n) is 9.99. The molecular weight excluding hydrogens is 439 g/mol. The lowest BCUT2D eigenvalue weighted by atomic mass is 10.0. The molecule has 1 N–H and O–H groups in total. The van der Waals surface area contributed by atoms with Crippen molar-refractivity contribution >= 4 is 0 Å². The standard InChI is InChI=1S/C25H19F5N2O/c1-24(2,33)22-14-32(23(31-22)20-5-3-4-6-21(20)25(28,29)30)19-9-7-15(8-10-19)16-11-17(26)13-18(27)12-16/h3-14,33H,1-2H3. The molecular formula is C25H19F5N2O. The van der Waals surface area contributed by atoms with Crippen LogP contribution in [0, 0.1) is 11.6 Å². The van der Waals surface area contributed by atoms with E-state index in [4.69, 9.17) is 0 Å². The van der Waals surface area contributed by atoms with Gasteiger partial charge in [-0.25, -0.2) is 13.8 Å². The van der Waals surface area contributed by atoms with Gasteiger partial charge >= 0.3 is 6.18 Å². The predicted octanol–water partition coefficient (Wildman–Crippen LogP) is 6.73. The lowest BCUT2D eigenvalue weighted by Gasteiger charge is -2.14. The van der Waals surface area contributed by atoms with Crippen molar-refractivity contribution < 1.29 is 27.1 Å². The third-order valence-electron chi connectivity index (χ3n) is 5.15. The molecule has 170 valence electrons. The Bertz CT molecular complexity index is 1280. The molecule has 0 bridgehead atoms. The van der Waals surface area contributed by atoms with Gasteiger partial charge in [0.1, 0.15) is 23.1 Å². The van der Waals surface area contributed by atoms with Gasteiger partial charge in [-0.1, -0.05) is 30.3 Å². The fourth-order valence-corrected chi connectivity index (χ4v) is 3.52. The maximum Gasteiger partial charge on any atom is 0.417 e. The second-order valence-electron chi connectivity index (χ2n) is 8.13. The summed E-state index contributed by atoms with van der Waals surface area (Å²) < 4.78 is 69.6. The van der Waals surface area contributed by atoms with Gasteiger partial charge in [-0.3, -0.25) is 4.57 Å². The van der Waals surface area contributed by atoms with Crippen LogP contribution in [0.5, 0.6) is 0 Å². The molecule has 0 amide bonds. The summed E-state index contributed by atoms with van der Waals surface area (Å²) >= 11 is 0. The summed E-state index contributed by atoms with van der Waals surface area (Å²) in [5.41, 5.74) is -0.896. The zero-order chi connectivity index (χ0) is 24.0. The molecule has 0 spiro atoms. The monoisotopic (exact) mass is 458 g/mol. The highest BCUT2D eigenvalue weighted by Crippen LogP contribution is 2.38. The van der Waals surface area contributed by atoms with Crippen molar-refractivity contribution in [3.8, 4) is 28.2 Å². The van der Waals surface area contributed by atoms with Gasteiger partial charge in [-0.05, 0) is 55.3 Å². The first-order valence-corrected chi connectivity index (χ1v) is 9.99. The largest absolute Gasteiger partial charge is 0.417 e. The molecule has 0 aliphatic carbocycles. The summed E-state index contributed by atoms with van der Waals surface area (Å²) in [7, 11) is 0. The number of alkyl halides is 3. The van der Waals surface area contributed by atoms with Crippen molar-refractivity contribution in [3.05, 3.63) is 95.8 Å². The smallest absolute Gasteiger partial charge is 0.384 e. The molecule has 33 heavy (non-hydrogen) atoms. The molecule has 4 aromatic rings. The minimum atomic E-state index is -4.60. The van der Waals surface area contributed by atoms with E-state index in [2.05, 4.69) is 4.98 Å². The normalized spacial score (nSPS) is 12.2.